The third kappa shape index (κ3) is 5.36. The summed E-state index contributed by atoms with van der Waals surface area (Å²) in [5.74, 6) is 0.642. The van der Waals surface area contributed by atoms with Gasteiger partial charge >= 0.3 is 6.03 Å². The van der Waals surface area contributed by atoms with Gasteiger partial charge in [-0.1, -0.05) is 12.1 Å². The Kier molecular flexibility index (Phi) is 6.59. The molecule has 0 radical (unpaired) electrons. The third-order valence-electron chi connectivity index (χ3n) is 3.78. The number of nitrogens with zero attached hydrogens (tertiary/aromatic N) is 2. The number of aromatic hydroxyl groups is 1. The molecule has 25 heavy (non-hydrogen) atoms. The highest BCUT2D eigenvalue weighted by atomic mass is 16.5. The summed E-state index contributed by atoms with van der Waals surface area (Å²) in [6.07, 6.45) is 1.53. The molecular formula is C18H23N3O4. The van der Waals surface area contributed by atoms with Crippen LogP contribution in [0.3, 0.4) is 0 Å². The molecule has 0 fully saturated rings. The second-order valence-corrected chi connectivity index (χ2v) is 5.54. The van der Waals surface area contributed by atoms with Crippen molar-refractivity contribution in [2.24, 2.45) is 0 Å². The first-order chi connectivity index (χ1) is 12.0. The van der Waals surface area contributed by atoms with Crippen LogP contribution in [0.4, 0.5) is 10.5 Å². The Labute approximate surface area is 147 Å². The Morgan fingerprint density at radius 1 is 1.32 bits per heavy atom. The van der Waals surface area contributed by atoms with Gasteiger partial charge in [0.25, 0.3) is 0 Å². The van der Waals surface area contributed by atoms with E-state index in [9.17, 15) is 9.90 Å². The van der Waals surface area contributed by atoms with E-state index in [1.807, 2.05) is 13.0 Å². The average Bonchev–Trinajstić information content (AvgIpc) is 2.62. The quantitative estimate of drug-likeness (QED) is 0.754. The van der Waals surface area contributed by atoms with Crippen LogP contribution < -0.4 is 10.1 Å². The van der Waals surface area contributed by atoms with Crippen LogP contribution in [-0.4, -0.2) is 48.4 Å². The molecule has 1 aromatic carbocycles. The number of benzene rings is 1. The van der Waals surface area contributed by atoms with Crippen LogP contribution in [0, 0.1) is 0 Å². The number of phenols is 1. The van der Waals surface area contributed by atoms with E-state index >= 15 is 0 Å². The standard InChI is InChI=1S/C18H23N3O4/c1-13(14-5-4-6-16(22)11-14)21(2)18(23)20-15-7-8-17(19-12-15)25-10-9-24-3/h4-8,11-13,22H,9-10H2,1-3H3,(H,20,23)/t13-/m0/s1. The first-order valence-corrected chi connectivity index (χ1v) is 7.92. The Morgan fingerprint density at radius 3 is 2.76 bits per heavy atom. The molecule has 2 aromatic rings. The zero-order valence-electron chi connectivity index (χ0n) is 14.6. The molecule has 134 valence electrons. The second-order valence-electron chi connectivity index (χ2n) is 5.54. The number of phenolic OH excluding ortho intramolecular Hbond substituents is 1. The third-order valence-corrected chi connectivity index (χ3v) is 3.78. The lowest BCUT2D eigenvalue weighted by Crippen LogP contribution is -2.33. The number of hydrogen-bond donors (Lipinski definition) is 2. The van der Waals surface area contributed by atoms with Crippen molar-refractivity contribution in [1.29, 1.82) is 0 Å². The summed E-state index contributed by atoms with van der Waals surface area (Å²) in [4.78, 5) is 18.1. The van der Waals surface area contributed by atoms with Gasteiger partial charge in [0.2, 0.25) is 5.88 Å². The largest absolute Gasteiger partial charge is 0.508 e. The Bertz CT molecular complexity index is 691. The van der Waals surface area contributed by atoms with Crippen molar-refractivity contribution < 1.29 is 19.4 Å². The van der Waals surface area contributed by atoms with E-state index in [1.54, 1.807) is 49.4 Å². The number of hydrogen-bond acceptors (Lipinski definition) is 5. The maximum atomic E-state index is 12.4. The van der Waals surface area contributed by atoms with Crippen LogP contribution in [0.25, 0.3) is 0 Å². The molecule has 0 aliphatic heterocycles. The summed E-state index contributed by atoms with van der Waals surface area (Å²) >= 11 is 0. The maximum Gasteiger partial charge on any atom is 0.322 e. The number of urea groups is 1. The molecule has 1 atom stereocenters. The van der Waals surface area contributed by atoms with Crippen LogP contribution in [0.5, 0.6) is 11.6 Å². The highest BCUT2D eigenvalue weighted by molar-refractivity contribution is 5.89. The van der Waals surface area contributed by atoms with E-state index in [0.29, 0.717) is 24.8 Å². The van der Waals surface area contributed by atoms with Gasteiger partial charge in [-0.05, 0) is 30.7 Å². The number of amides is 2. The van der Waals surface area contributed by atoms with E-state index in [4.69, 9.17) is 9.47 Å². The maximum absolute atomic E-state index is 12.4. The normalized spacial score (nSPS) is 11.6. The first-order valence-electron chi connectivity index (χ1n) is 7.92. The van der Waals surface area contributed by atoms with E-state index in [-0.39, 0.29) is 17.8 Å². The van der Waals surface area contributed by atoms with Crippen LogP contribution in [-0.2, 0) is 4.74 Å². The van der Waals surface area contributed by atoms with E-state index in [1.165, 1.54) is 6.20 Å². The molecule has 0 saturated carbocycles. The minimum Gasteiger partial charge on any atom is -0.508 e. The molecule has 0 saturated heterocycles. The van der Waals surface area contributed by atoms with E-state index < -0.39 is 0 Å². The summed E-state index contributed by atoms with van der Waals surface area (Å²) in [5.41, 5.74) is 1.41. The molecule has 7 nitrogen and oxygen atoms in total. The average molecular weight is 345 g/mol. The van der Waals surface area contributed by atoms with Gasteiger partial charge in [-0.2, -0.15) is 0 Å². The monoisotopic (exact) mass is 345 g/mol. The van der Waals surface area contributed by atoms with Gasteiger partial charge in [0.15, 0.2) is 0 Å². The first kappa shape index (κ1) is 18.5. The number of carbonyl (C=O) groups excluding carboxylic acids is 1. The van der Waals surface area contributed by atoms with Crippen molar-refractivity contribution in [3.63, 3.8) is 0 Å². The fraction of sp³-hybridized carbons (Fsp3) is 0.333. The van der Waals surface area contributed by atoms with Crippen molar-refractivity contribution in [2.75, 3.05) is 32.7 Å². The van der Waals surface area contributed by atoms with Crippen molar-refractivity contribution in [2.45, 2.75) is 13.0 Å². The summed E-state index contributed by atoms with van der Waals surface area (Å²) in [6, 6.07) is 9.79. The van der Waals surface area contributed by atoms with Gasteiger partial charge in [0, 0.05) is 20.2 Å². The summed E-state index contributed by atoms with van der Waals surface area (Å²) < 4.78 is 10.3. The zero-order valence-corrected chi connectivity index (χ0v) is 14.6. The summed E-state index contributed by atoms with van der Waals surface area (Å²) in [6.45, 7) is 2.79. The molecular weight excluding hydrogens is 322 g/mol. The van der Waals surface area contributed by atoms with Gasteiger partial charge in [0.05, 0.1) is 24.5 Å². The SMILES string of the molecule is COCCOc1ccc(NC(=O)N(C)[C@@H](C)c2cccc(O)c2)cn1. The zero-order chi connectivity index (χ0) is 18.2. The molecule has 0 aliphatic rings. The van der Waals surface area contributed by atoms with Gasteiger partial charge in [-0.25, -0.2) is 9.78 Å². The molecule has 2 N–H and O–H groups in total. The van der Waals surface area contributed by atoms with Gasteiger partial charge in [-0.3, -0.25) is 0 Å². The highest BCUT2D eigenvalue weighted by Gasteiger charge is 2.18. The summed E-state index contributed by atoms with van der Waals surface area (Å²) in [5, 5.41) is 12.4. The topological polar surface area (TPSA) is 83.9 Å². The Hall–Kier alpha value is -2.80. The lowest BCUT2D eigenvalue weighted by atomic mass is 10.1. The number of nitrogens with one attached hydrogen (secondary N) is 1. The number of rotatable bonds is 7. The number of anilines is 1. The number of aromatic nitrogens is 1. The van der Waals surface area contributed by atoms with Gasteiger partial charge in [0.1, 0.15) is 12.4 Å². The smallest absolute Gasteiger partial charge is 0.322 e. The number of pyridine rings is 1. The molecule has 1 aromatic heterocycles. The molecule has 7 heteroatoms. The fourth-order valence-corrected chi connectivity index (χ4v) is 2.16. The van der Waals surface area contributed by atoms with Gasteiger partial charge in [-0.15, -0.1) is 0 Å². The predicted molar refractivity (Wildman–Crippen MR) is 94.9 cm³/mol. The number of ether oxygens (including phenoxy) is 2. The van der Waals surface area contributed by atoms with E-state index in [0.717, 1.165) is 5.56 Å². The molecule has 0 bridgehead atoms. The molecule has 1 heterocycles. The molecule has 0 unspecified atom stereocenters. The molecule has 0 spiro atoms. The van der Waals surface area contributed by atoms with Gasteiger partial charge < -0.3 is 24.8 Å². The van der Waals surface area contributed by atoms with Crippen molar-refractivity contribution in [1.82, 2.24) is 9.88 Å². The number of carbonyl (C=O) groups is 1. The second kappa shape index (κ2) is 8.89. The van der Waals surface area contributed by atoms with Crippen LogP contribution in [0.15, 0.2) is 42.6 Å². The highest BCUT2D eigenvalue weighted by Crippen LogP contribution is 2.23. The number of methoxy groups -OCH3 is 1. The lowest BCUT2D eigenvalue weighted by molar-refractivity contribution is 0.144. The lowest BCUT2D eigenvalue weighted by Gasteiger charge is -2.25. The van der Waals surface area contributed by atoms with Crippen molar-refractivity contribution in [3.8, 4) is 11.6 Å². The summed E-state index contributed by atoms with van der Waals surface area (Å²) in [7, 11) is 3.30. The van der Waals surface area contributed by atoms with Crippen molar-refractivity contribution >= 4 is 11.7 Å². The molecule has 2 amide bonds. The van der Waals surface area contributed by atoms with E-state index in [2.05, 4.69) is 10.3 Å². The van der Waals surface area contributed by atoms with Crippen LogP contribution >= 0.6 is 0 Å². The minimum atomic E-state index is -0.273. The fourth-order valence-electron chi connectivity index (χ4n) is 2.16. The Morgan fingerprint density at radius 2 is 2.12 bits per heavy atom. The molecule has 0 aliphatic carbocycles. The predicted octanol–water partition coefficient (Wildman–Crippen LogP) is 3.04. The van der Waals surface area contributed by atoms with Crippen LogP contribution in [0.1, 0.15) is 18.5 Å². The Balaban J connectivity index is 1.94. The minimum absolute atomic E-state index is 0.173. The molecule has 2 rings (SSSR count). The van der Waals surface area contributed by atoms with Crippen LogP contribution in [0.2, 0.25) is 0 Å². The van der Waals surface area contributed by atoms with Crippen molar-refractivity contribution in [3.05, 3.63) is 48.2 Å².